The topological polar surface area (TPSA) is 42.4 Å². The molecule has 100 valence electrons. The van der Waals surface area contributed by atoms with Gasteiger partial charge >= 0.3 is 5.97 Å². The zero-order chi connectivity index (χ0) is 13.7. The van der Waals surface area contributed by atoms with E-state index in [9.17, 15) is 4.79 Å². The maximum Gasteiger partial charge on any atom is 0.357 e. The van der Waals surface area contributed by atoms with Crippen LogP contribution in [-0.2, 0) is 4.74 Å². The summed E-state index contributed by atoms with van der Waals surface area (Å²) in [7, 11) is 0. The summed E-state index contributed by atoms with van der Waals surface area (Å²) in [5, 5.41) is 0. The normalized spacial score (nSPS) is 10.6. The molecular weight excluding hydrogens is 228 g/mol. The molecule has 0 spiro atoms. The second kappa shape index (κ2) is 6.38. The van der Waals surface area contributed by atoms with Gasteiger partial charge in [0.15, 0.2) is 5.69 Å². The van der Waals surface area contributed by atoms with Gasteiger partial charge in [0.05, 0.1) is 6.61 Å². The minimum Gasteiger partial charge on any atom is -0.461 e. The Morgan fingerprint density at radius 3 is 2.56 bits per heavy atom. The molecule has 0 atom stereocenters. The molecule has 0 bridgehead atoms. The van der Waals surface area contributed by atoms with Crippen LogP contribution in [0.25, 0.3) is 0 Å². The molecule has 0 N–H and O–H groups in total. The molecular formula is C14H22N2O2. The summed E-state index contributed by atoms with van der Waals surface area (Å²) in [4.78, 5) is 18.3. The van der Waals surface area contributed by atoms with Crippen LogP contribution in [0.4, 0.5) is 5.82 Å². The van der Waals surface area contributed by atoms with Crippen LogP contribution < -0.4 is 4.90 Å². The number of rotatable bonds is 5. The Labute approximate surface area is 109 Å². The van der Waals surface area contributed by atoms with E-state index in [4.69, 9.17) is 4.74 Å². The molecule has 0 aliphatic carbocycles. The summed E-state index contributed by atoms with van der Waals surface area (Å²) in [6.45, 7) is 11.3. The zero-order valence-electron chi connectivity index (χ0n) is 11.9. The lowest BCUT2D eigenvalue weighted by Crippen LogP contribution is -2.31. The minimum atomic E-state index is -0.359. The lowest BCUT2D eigenvalue weighted by atomic mass is 10.2. The van der Waals surface area contributed by atoms with E-state index in [1.54, 1.807) is 13.0 Å². The van der Waals surface area contributed by atoms with E-state index < -0.39 is 0 Å². The van der Waals surface area contributed by atoms with Gasteiger partial charge in [0, 0.05) is 12.6 Å². The van der Waals surface area contributed by atoms with Gasteiger partial charge in [-0.25, -0.2) is 9.78 Å². The van der Waals surface area contributed by atoms with Crippen LogP contribution in [0, 0.1) is 6.92 Å². The van der Waals surface area contributed by atoms with Gasteiger partial charge in [0.2, 0.25) is 0 Å². The molecule has 0 radical (unpaired) electrons. The molecule has 0 aliphatic rings. The lowest BCUT2D eigenvalue weighted by molar-refractivity contribution is 0.0519. The van der Waals surface area contributed by atoms with E-state index in [-0.39, 0.29) is 5.97 Å². The Morgan fingerprint density at radius 1 is 1.39 bits per heavy atom. The van der Waals surface area contributed by atoms with Gasteiger partial charge in [-0.3, -0.25) is 0 Å². The first-order chi connectivity index (χ1) is 8.49. The number of pyridine rings is 1. The highest BCUT2D eigenvalue weighted by Crippen LogP contribution is 2.17. The van der Waals surface area contributed by atoms with Crippen molar-refractivity contribution in [1.29, 1.82) is 0 Å². The molecule has 1 heterocycles. The molecule has 4 nitrogen and oxygen atoms in total. The molecule has 0 unspecified atom stereocenters. The van der Waals surface area contributed by atoms with Gasteiger partial charge in [-0.15, -0.1) is 0 Å². The molecule has 0 saturated heterocycles. The monoisotopic (exact) mass is 250 g/mol. The van der Waals surface area contributed by atoms with E-state index in [0.29, 0.717) is 18.3 Å². The Morgan fingerprint density at radius 2 is 2.06 bits per heavy atom. The predicted octanol–water partition coefficient (Wildman–Crippen LogP) is 2.80. The van der Waals surface area contributed by atoms with Crippen LogP contribution in [0.15, 0.2) is 12.1 Å². The van der Waals surface area contributed by atoms with Crippen molar-refractivity contribution in [1.82, 2.24) is 4.98 Å². The number of anilines is 1. The first kappa shape index (κ1) is 14.5. The highest BCUT2D eigenvalue weighted by atomic mass is 16.5. The number of esters is 1. The lowest BCUT2D eigenvalue weighted by Gasteiger charge is -2.26. The fraction of sp³-hybridized carbons (Fsp3) is 0.571. The van der Waals surface area contributed by atoms with Crippen LogP contribution in [0.5, 0.6) is 0 Å². The Hall–Kier alpha value is -1.58. The van der Waals surface area contributed by atoms with E-state index in [1.165, 1.54) is 0 Å². The minimum absolute atomic E-state index is 0.347. The smallest absolute Gasteiger partial charge is 0.357 e. The third-order valence-electron chi connectivity index (χ3n) is 2.70. The van der Waals surface area contributed by atoms with Gasteiger partial charge in [0.1, 0.15) is 5.82 Å². The standard InChI is InChI=1S/C14H22N2O2/c1-6-16(10(3)4)13-9-11(5)8-12(15-13)14(17)18-7-2/h8-10H,6-7H2,1-5H3. The first-order valence-corrected chi connectivity index (χ1v) is 6.42. The fourth-order valence-corrected chi connectivity index (χ4v) is 1.90. The summed E-state index contributed by atoms with van der Waals surface area (Å²) in [5.74, 6) is 0.470. The second-order valence-electron chi connectivity index (χ2n) is 4.49. The summed E-state index contributed by atoms with van der Waals surface area (Å²) >= 11 is 0. The van der Waals surface area contributed by atoms with Gasteiger partial charge in [-0.1, -0.05) is 0 Å². The van der Waals surface area contributed by atoms with Crippen molar-refractivity contribution in [3.05, 3.63) is 23.4 Å². The third-order valence-corrected chi connectivity index (χ3v) is 2.70. The Balaban J connectivity index is 3.10. The van der Waals surface area contributed by atoms with Crippen molar-refractivity contribution in [2.45, 2.75) is 40.7 Å². The van der Waals surface area contributed by atoms with Gasteiger partial charge < -0.3 is 9.64 Å². The van der Waals surface area contributed by atoms with Crippen LogP contribution in [0.3, 0.4) is 0 Å². The number of hydrogen-bond donors (Lipinski definition) is 0. The molecule has 1 aromatic heterocycles. The van der Waals surface area contributed by atoms with Crippen LogP contribution >= 0.6 is 0 Å². The third kappa shape index (κ3) is 3.45. The van der Waals surface area contributed by atoms with E-state index in [0.717, 1.165) is 17.9 Å². The van der Waals surface area contributed by atoms with Crippen molar-refractivity contribution in [2.24, 2.45) is 0 Å². The van der Waals surface area contributed by atoms with Crippen molar-refractivity contribution in [3.63, 3.8) is 0 Å². The maximum absolute atomic E-state index is 11.7. The number of aryl methyl sites for hydroxylation is 1. The predicted molar refractivity (Wildman–Crippen MR) is 73.1 cm³/mol. The van der Waals surface area contributed by atoms with Crippen molar-refractivity contribution < 1.29 is 9.53 Å². The SMILES string of the molecule is CCOC(=O)c1cc(C)cc(N(CC)C(C)C)n1. The molecule has 1 rings (SSSR count). The summed E-state index contributed by atoms with van der Waals surface area (Å²) in [5.41, 5.74) is 1.40. The fourth-order valence-electron chi connectivity index (χ4n) is 1.90. The van der Waals surface area contributed by atoms with Gasteiger partial charge in [0.25, 0.3) is 0 Å². The maximum atomic E-state index is 11.7. The average molecular weight is 250 g/mol. The molecule has 0 aliphatic heterocycles. The van der Waals surface area contributed by atoms with Crippen LogP contribution in [-0.4, -0.2) is 30.1 Å². The number of carbonyl (C=O) groups excluding carboxylic acids is 1. The molecule has 0 fully saturated rings. The summed E-state index contributed by atoms with van der Waals surface area (Å²) in [6.07, 6.45) is 0. The van der Waals surface area contributed by atoms with Crippen LogP contribution in [0.2, 0.25) is 0 Å². The highest BCUT2D eigenvalue weighted by molar-refractivity contribution is 5.88. The zero-order valence-corrected chi connectivity index (χ0v) is 11.9. The average Bonchev–Trinajstić information content (AvgIpc) is 2.29. The van der Waals surface area contributed by atoms with Crippen molar-refractivity contribution in [3.8, 4) is 0 Å². The number of aromatic nitrogens is 1. The molecule has 0 amide bonds. The number of ether oxygens (including phenoxy) is 1. The van der Waals surface area contributed by atoms with E-state index in [1.807, 2.05) is 13.0 Å². The number of nitrogens with zero attached hydrogens (tertiary/aromatic N) is 2. The molecule has 4 heteroatoms. The molecule has 18 heavy (non-hydrogen) atoms. The number of carbonyl (C=O) groups is 1. The van der Waals surface area contributed by atoms with E-state index in [2.05, 4.69) is 30.7 Å². The van der Waals surface area contributed by atoms with Crippen LogP contribution in [0.1, 0.15) is 43.7 Å². The Bertz CT molecular complexity index is 416. The van der Waals surface area contributed by atoms with Crippen molar-refractivity contribution in [2.75, 3.05) is 18.1 Å². The van der Waals surface area contributed by atoms with Gasteiger partial charge in [-0.05, 0) is 52.3 Å². The van der Waals surface area contributed by atoms with Crippen molar-refractivity contribution >= 4 is 11.8 Å². The summed E-state index contributed by atoms with van der Waals surface area (Å²) < 4.78 is 4.99. The highest BCUT2D eigenvalue weighted by Gasteiger charge is 2.15. The molecule has 0 aromatic carbocycles. The molecule has 1 aromatic rings. The number of hydrogen-bond acceptors (Lipinski definition) is 4. The quantitative estimate of drug-likeness (QED) is 0.754. The van der Waals surface area contributed by atoms with Gasteiger partial charge in [-0.2, -0.15) is 0 Å². The largest absolute Gasteiger partial charge is 0.461 e. The second-order valence-corrected chi connectivity index (χ2v) is 4.49. The Kier molecular flexibility index (Phi) is 5.13. The first-order valence-electron chi connectivity index (χ1n) is 6.42. The molecule has 0 saturated carbocycles. The van der Waals surface area contributed by atoms with E-state index >= 15 is 0 Å². The summed E-state index contributed by atoms with van der Waals surface area (Å²) in [6, 6.07) is 4.10.